The molecule has 8 nitrogen and oxygen atoms in total. The summed E-state index contributed by atoms with van der Waals surface area (Å²) in [6, 6.07) is 2.30. The zero-order chi connectivity index (χ0) is 19.4. The molecule has 0 spiro atoms. The number of carbonyl (C=O) groups is 2. The fourth-order valence-electron chi connectivity index (χ4n) is 3.89. The Balaban J connectivity index is 1.67. The molecule has 9 heteroatoms. The molecule has 0 unspecified atom stereocenters. The molecule has 148 valence electrons. The van der Waals surface area contributed by atoms with Gasteiger partial charge in [-0.25, -0.2) is 13.2 Å². The third kappa shape index (κ3) is 4.97. The number of hydrogen-bond donors (Lipinski definition) is 0. The van der Waals surface area contributed by atoms with Crippen LogP contribution in [0.1, 0.15) is 48.9 Å². The van der Waals surface area contributed by atoms with E-state index < -0.39 is 22.4 Å². The van der Waals surface area contributed by atoms with E-state index in [0.29, 0.717) is 11.2 Å². The van der Waals surface area contributed by atoms with E-state index in [4.69, 9.17) is 4.74 Å². The van der Waals surface area contributed by atoms with Crippen molar-refractivity contribution in [1.82, 2.24) is 4.90 Å². The lowest BCUT2D eigenvalue weighted by atomic mass is 9.93. The van der Waals surface area contributed by atoms with Crippen LogP contribution in [-0.2, 0) is 19.4 Å². The van der Waals surface area contributed by atoms with Crippen LogP contribution >= 0.6 is 0 Å². The number of carbonyl (C=O) groups excluding carboxylic acids is 2. The number of ether oxygens (including phenoxy) is 1. The molecule has 1 aliphatic heterocycles. The monoisotopic (exact) mass is 396 g/mol. The molecule has 2 aliphatic rings. The van der Waals surface area contributed by atoms with Gasteiger partial charge in [-0.2, -0.15) is 4.73 Å². The van der Waals surface area contributed by atoms with Gasteiger partial charge in [-0.1, -0.05) is 19.3 Å². The van der Waals surface area contributed by atoms with Gasteiger partial charge < -0.3 is 14.8 Å². The van der Waals surface area contributed by atoms with Crippen LogP contribution in [-0.4, -0.2) is 55.4 Å². The number of rotatable bonds is 5. The quantitative estimate of drug-likeness (QED) is 0.414. The number of aromatic nitrogens is 1. The van der Waals surface area contributed by atoms with E-state index in [1.54, 1.807) is 4.90 Å². The van der Waals surface area contributed by atoms with E-state index in [1.807, 2.05) is 0 Å². The summed E-state index contributed by atoms with van der Waals surface area (Å²) >= 11 is 0. The highest BCUT2D eigenvalue weighted by Gasteiger charge is 2.38. The third-order valence-electron chi connectivity index (χ3n) is 5.22. The number of esters is 1. The normalized spacial score (nSPS) is 22.3. The molecule has 1 amide bonds. The van der Waals surface area contributed by atoms with Crippen molar-refractivity contribution in [3.05, 3.63) is 35.3 Å². The van der Waals surface area contributed by atoms with Crippen LogP contribution in [0.15, 0.2) is 24.5 Å². The molecule has 27 heavy (non-hydrogen) atoms. The van der Waals surface area contributed by atoms with Gasteiger partial charge in [-0.15, -0.1) is 0 Å². The maximum Gasteiger partial charge on any atom is 0.339 e. The van der Waals surface area contributed by atoms with Crippen LogP contribution < -0.4 is 4.73 Å². The highest BCUT2D eigenvalue weighted by molar-refractivity contribution is 7.91. The van der Waals surface area contributed by atoms with Gasteiger partial charge >= 0.3 is 5.97 Å². The fourth-order valence-corrected chi connectivity index (χ4v) is 5.60. The summed E-state index contributed by atoms with van der Waals surface area (Å²) in [5.74, 6) is -0.975. The third-order valence-corrected chi connectivity index (χ3v) is 6.97. The molecule has 1 aliphatic carbocycles. The number of nitrogens with zero attached hydrogens (tertiary/aromatic N) is 2. The topological polar surface area (TPSA) is 108 Å². The van der Waals surface area contributed by atoms with Gasteiger partial charge in [0.2, 0.25) is 0 Å². The van der Waals surface area contributed by atoms with E-state index in [-0.39, 0.29) is 35.1 Å². The lowest BCUT2D eigenvalue weighted by Gasteiger charge is -2.38. The van der Waals surface area contributed by atoms with E-state index in [2.05, 4.69) is 0 Å². The Morgan fingerprint density at radius 2 is 1.78 bits per heavy atom. The van der Waals surface area contributed by atoms with Crippen molar-refractivity contribution in [2.45, 2.75) is 50.6 Å². The zero-order valence-corrected chi connectivity index (χ0v) is 15.9. The van der Waals surface area contributed by atoms with Gasteiger partial charge in [0.25, 0.3) is 5.91 Å². The summed E-state index contributed by atoms with van der Waals surface area (Å²) in [7, 11) is -3.12. The Morgan fingerprint density at radius 1 is 1.11 bits per heavy atom. The van der Waals surface area contributed by atoms with Gasteiger partial charge in [0.05, 0.1) is 17.1 Å². The SMILES string of the molecule is O=C(OCC(=O)N(C1CCCCC1)[C@@H]1CCS(=O)(=O)C1)c1cc[n+]([O-])cc1. The molecule has 0 radical (unpaired) electrons. The minimum Gasteiger partial charge on any atom is -0.619 e. The van der Waals surface area contributed by atoms with Crippen LogP contribution in [0.5, 0.6) is 0 Å². The minimum absolute atomic E-state index is 0.000557. The maximum atomic E-state index is 12.8. The van der Waals surface area contributed by atoms with Crippen molar-refractivity contribution in [2.75, 3.05) is 18.1 Å². The first-order chi connectivity index (χ1) is 12.9. The average Bonchev–Trinajstić information content (AvgIpc) is 3.00. The van der Waals surface area contributed by atoms with Gasteiger partial charge in [-0.05, 0) is 19.3 Å². The van der Waals surface area contributed by atoms with Crippen molar-refractivity contribution in [2.24, 2.45) is 0 Å². The number of amides is 1. The first-order valence-corrected chi connectivity index (χ1v) is 11.1. The second-order valence-electron chi connectivity index (χ2n) is 7.17. The predicted octanol–water partition coefficient (Wildman–Crippen LogP) is 0.825. The summed E-state index contributed by atoms with van der Waals surface area (Å²) in [5.41, 5.74) is 0.183. The number of sulfone groups is 1. The summed E-state index contributed by atoms with van der Waals surface area (Å²) in [6.07, 6.45) is 7.61. The van der Waals surface area contributed by atoms with Crippen LogP contribution in [0.4, 0.5) is 0 Å². The van der Waals surface area contributed by atoms with Crippen molar-refractivity contribution >= 4 is 21.7 Å². The van der Waals surface area contributed by atoms with Crippen molar-refractivity contribution < 1.29 is 27.5 Å². The highest BCUT2D eigenvalue weighted by Crippen LogP contribution is 2.28. The smallest absolute Gasteiger partial charge is 0.339 e. The van der Waals surface area contributed by atoms with E-state index in [9.17, 15) is 23.2 Å². The Labute approximate surface area is 158 Å². The minimum atomic E-state index is -3.12. The number of hydrogen-bond acceptors (Lipinski definition) is 6. The maximum absolute atomic E-state index is 12.8. The predicted molar refractivity (Wildman–Crippen MR) is 96.5 cm³/mol. The largest absolute Gasteiger partial charge is 0.619 e. The van der Waals surface area contributed by atoms with Crippen LogP contribution in [0.25, 0.3) is 0 Å². The molecular weight excluding hydrogens is 372 g/mol. The van der Waals surface area contributed by atoms with Gasteiger partial charge in [0, 0.05) is 24.2 Å². The molecule has 0 N–H and O–H groups in total. The first kappa shape index (κ1) is 19.6. The Bertz CT molecular complexity index is 787. The van der Waals surface area contributed by atoms with Crippen molar-refractivity contribution in [3.8, 4) is 0 Å². The Kier molecular flexibility index (Phi) is 5.98. The summed E-state index contributed by atoms with van der Waals surface area (Å²) in [6.45, 7) is -0.432. The Hall–Kier alpha value is -2.16. The molecule has 1 aromatic rings. The molecular formula is C18H24N2O6S. The highest BCUT2D eigenvalue weighted by atomic mass is 32.2. The van der Waals surface area contributed by atoms with Crippen LogP contribution in [0.3, 0.4) is 0 Å². The summed E-state index contributed by atoms with van der Waals surface area (Å²) < 4.78 is 29.4. The Morgan fingerprint density at radius 3 is 2.37 bits per heavy atom. The van der Waals surface area contributed by atoms with Crippen LogP contribution in [0, 0.1) is 5.21 Å². The molecule has 0 aromatic carbocycles. The fraction of sp³-hybridized carbons (Fsp3) is 0.611. The molecule has 3 rings (SSSR count). The first-order valence-electron chi connectivity index (χ1n) is 9.23. The van der Waals surface area contributed by atoms with Crippen LogP contribution in [0.2, 0.25) is 0 Å². The van der Waals surface area contributed by atoms with Gasteiger partial charge in [0.1, 0.15) is 0 Å². The summed E-state index contributed by atoms with van der Waals surface area (Å²) in [5, 5.41) is 11.0. The van der Waals surface area contributed by atoms with E-state index >= 15 is 0 Å². The van der Waals surface area contributed by atoms with Gasteiger partial charge in [0.15, 0.2) is 28.8 Å². The molecule has 1 saturated carbocycles. The van der Waals surface area contributed by atoms with Crippen molar-refractivity contribution in [1.29, 1.82) is 0 Å². The molecule has 0 bridgehead atoms. The van der Waals surface area contributed by atoms with Crippen molar-refractivity contribution in [3.63, 3.8) is 0 Å². The zero-order valence-electron chi connectivity index (χ0n) is 15.1. The van der Waals surface area contributed by atoms with E-state index in [1.165, 1.54) is 24.5 Å². The lowest BCUT2D eigenvalue weighted by molar-refractivity contribution is -0.605. The second-order valence-corrected chi connectivity index (χ2v) is 9.40. The molecule has 1 atom stereocenters. The lowest BCUT2D eigenvalue weighted by Crippen LogP contribution is -2.50. The molecule has 1 saturated heterocycles. The molecule has 1 aromatic heterocycles. The average molecular weight is 396 g/mol. The summed E-state index contributed by atoms with van der Waals surface area (Å²) in [4.78, 5) is 26.6. The number of pyridine rings is 1. The van der Waals surface area contributed by atoms with E-state index in [0.717, 1.165) is 32.1 Å². The van der Waals surface area contributed by atoms with Gasteiger partial charge in [-0.3, -0.25) is 4.79 Å². The standard InChI is InChI=1S/C18H24N2O6S/c21-17(12-26-18(22)14-6-9-19(23)10-7-14)20(15-4-2-1-3-5-15)16-8-11-27(24,25)13-16/h6-7,9-10,15-16H,1-5,8,11-13H2/t16-/m1/s1. The second kappa shape index (κ2) is 8.24. The molecule has 2 fully saturated rings. The molecule has 2 heterocycles.